The van der Waals surface area contributed by atoms with E-state index in [1.165, 1.54) is 24.1 Å². The molecule has 0 saturated heterocycles. The molecule has 0 fully saturated rings. The third-order valence-corrected chi connectivity index (χ3v) is 5.46. The van der Waals surface area contributed by atoms with Crippen LogP contribution < -0.4 is 10.0 Å². The number of benzene rings is 2. The third-order valence-electron chi connectivity index (χ3n) is 4.61. The van der Waals surface area contributed by atoms with E-state index < -0.39 is 0 Å². The summed E-state index contributed by atoms with van der Waals surface area (Å²) in [6, 6.07) is 15.5. The number of aromatic amines is 2. The fourth-order valence-corrected chi connectivity index (χ4v) is 3.61. The summed E-state index contributed by atoms with van der Waals surface area (Å²) in [4.78, 5) is 14.1. The van der Waals surface area contributed by atoms with Gasteiger partial charge in [-0.05, 0) is 91.2 Å². The Morgan fingerprint density at radius 2 is 1.77 bits per heavy atom. The van der Waals surface area contributed by atoms with Gasteiger partial charge in [-0.25, -0.2) is 4.39 Å². The van der Waals surface area contributed by atoms with Crippen LogP contribution in [0.5, 0.6) is 0 Å². The molecular weight excluding hydrogens is 411 g/mol. The number of halogens is 1. The predicted molar refractivity (Wildman–Crippen MR) is 126 cm³/mol. The fraction of sp³-hybridized carbons (Fsp3) is 0.125. The summed E-state index contributed by atoms with van der Waals surface area (Å²) in [5.74, 6) is -0.361. The van der Waals surface area contributed by atoms with E-state index >= 15 is 0 Å². The minimum absolute atomic E-state index is 0.0880. The minimum Gasteiger partial charge on any atom is -0.394 e. The van der Waals surface area contributed by atoms with E-state index in [2.05, 4.69) is 20.2 Å². The van der Waals surface area contributed by atoms with Crippen molar-refractivity contribution in [1.29, 1.82) is 0 Å². The van der Waals surface area contributed by atoms with Crippen LogP contribution >= 0.6 is 11.9 Å². The van der Waals surface area contributed by atoms with Crippen LogP contribution in [0.2, 0.25) is 0 Å². The van der Waals surface area contributed by atoms with E-state index in [-0.39, 0.29) is 11.6 Å². The van der Waals surface area contributed by atoms with Gasteiger partial charge < -0.3 is 20.2 Å². The molecule has 0 aliphatic carbocycles. The first kappa shape index (κ1) is 22.2. The molecule has 0 unspecified atom stereocenters. The Bertz CT molecular complexity index is 1130. The van der Waals surface area contributed by atoms with Crippen LogP contribution in [-0.2, 0) is 0 Å². The van der Waals surface area contributed by atoms with E-state index in [1.54, 1.807) is 24.4 Å². The molecule has 160 valence electrons. The van der Waals surface area contributed by atoms with Crippen molar-refractivity contribution >= 4 is 29.0 Å². The number of anilines is 1. The number of nitrogens with one attached hydrogen (secondary N) is 4. The topological polar surface area (TPSA) is 72.7 Å². The first-order valence-electron chi connectivity index (χ1n) is 9.75. The summed E-state index contributed by atoms with van der Waals surface area (Å²) in [6.07, 6.45) is 5.42. The largest absolute Gasteiger partial charge is 0.394 e. The van der Waals surface area contributed by atoms with Crippen LogP contribution in [0.3, 0.4) is 0 Å². The van der Waals surface area contributed by atoms with Gasteiger partial charge in [0, 0.05) is 41.2 Å². The number of rotatable bonds is 7. The molecule has 0 spiro atoms. The number of allylic oxidation sites excluding steroid dienone is 1. The van der Waals surface area contributed by atoms with Crippen molar-refractivity contribution in [3.63, 3.8) is 0 Å². The second-order valence-corrected chi connectivity index (χ2v) is 7.84. The Kier molecular flexibility index (Phi) is 7.56. The maximum Gasteiger partial charge on any atom is 0.194 e. The molecule has 4 N–H and O–H groups in total. The van der Waals surface area contributed by atoms with Gasteiger partial charge in [-0.1, -0.05) is 12.1 Å². The SMILES string of the molecule is CN/C=C(\C)c1c[nH][nH]cc(C(=O)c2cccc(NSc3ccc(F)cc3)c2)c(C)c1. The maximum absolute atomic E-state index is 13.2. The predicted octanol–water partition coefficient (Wildman–Crippen LogP) is 5.85. The lowest BCUT2D eigenvalue weighted by Gasteiger charge is -2.09. The van der Waals surface area contributed by atoms with Crippen LogP contribution in [0.15, 0.2) is 78.1 Å². The zero-order chi connectivity index (χ0) is 22.2. The quantitative estimate of drug-likeness (QED) is 0.277. The van der Waals surface area contributed by atoms with Crippen molar-refractivity contribution in [3.8, 4) is 0 Å². The lowest BCUT2D eigenvalue weighted by atomic mass is 9.99. The molecule has 0 saturated carbocycles. The molecule has 5 nitrogen and oxygen atoms in total. The van der Waals surface area contributed by atoms with Gasteiger partial charge in [-0.15, -0.1) is 0 Å². The van der Waals surface area contributed by atoms with Crippen molar-refractivity contribution in [1.82, 2.24) is 15.5 Å². The normalized spacial score (nSPS) is 11.0. The van der Waals surface area contributed by atoms with Crippen LogP contribution in [0.4, 0.5) is 10.1 Å². The highest BCUT2D eigenvalue weighted by Gasteiger charge is 2.12. The number of ketones is 1. The smallest absolute Gasteiger partial charge is 0.194 e. The van der Waals surface area contributed by atoms with E-state index in [0.717, 1.165) is 27.3 Å². The standard InChI is InChI=1S/C24H25FN4OS/c1-16-11-19(17(2)13-26-3)14-27-28-15-23(16)24(30)18-5-4-6-21(12-18)29-31-22-9-7-20(25)8-10-22/h4-15,26-29H,1-3H3/b16-11?,17-13+,19-14?,23-15?. The Labute approximate surface area is 185 Å². The Morgan fingerprint density at radius 3 is 2.52 bits per heavy atom. The number of carbonyl (C=O) groups excluding carboxylic acids is 1. The van der Waals surface area contributed by atoms with Gasteiger partial charge in [0.15, 0.2) is 5.78 Å². The molecule has 1 heterocycles. The number of aryl methyl sites for hydroxylation is 1. The van der Waals surface area contributed by atoms with Crippen molar-refractivity contribution in [2.24, 2.45) is 0 Å². The molecule has 0 atom stereocenters. The maximum atomic E-state index is 13.2. The van der Waals surface area contributed by atoms with E-state index in [4.69, 9.17) is 0 Å². The van der Waals surface area contributed by atoms with Crippen LogP contribution in [0, 0.1) is 12.7 Å². The number of carbonyl (C=O) groups is 1. The zero-order valence-electron chi connectivity index (χ0n) is 17.6. The van der Waals surface area contributed by atoms with Crippen molar-refractivity contribution in [2.45, 2.75) is 18.7 Å². The summed E-state index contributed by atoms with van der Waals surface area (Å²) in [7, 11) is 1.85. The summed E-state index contributed by atoms with van der Waals surface area (Å²) >= 11 is 1.36. The molecule has 2 aromatic carbocycles. The molecule has 0 aliphatic rings. The lowest BCUT2D eigenvalue weighted by molar-refractivity contribution is 0.103. The molecule has 0 radical (unpaired) electrons. The van der Waals surface area contributed by atoms with Gasteiger partial charge in [0.2, 0.25) is 0 Å². The highest BCUT2D eigenvalue weighted by molar-refractivity contribution is 8.00. The molecular formula is C24H25FN4OS. The van der Waals surface area contributed by atoms with Gasteiger partial charge in [0.1, 0.15) is 5.82 Å². The number of aromatic nitrogens is 2. The third kappa shape index (κ3) is 6.02. The van der Waals surface area contributed by atoms with Gasteiger partial charge in [-0.3, -0.25) is 4.79 Å². The van der Waals surface area contributed by atoms with Gasteiger partial charge in [0.25, 0.3) is 0 Å². The highest BCUT2D eigenvalue weighted by Crippen LogP contribution is 2.23. The average molecular weight is 437 g/mol. The lowest BCUT2D eigenvalue weighted by Crippen LogP contribution is -2.05. The first-order chi connectivity index (χ1) is 15.0. The number of H-pyrrole nitrogens is 2. The van der Waals surface area contributed by atoms with Crippen LogP contribution in [-0.4, -0.2) is 23.0 Å². The summed E-state index contributed by atoms with van der Waals surface area (Å²) < 4.78 is 16.3. The molecule has 31 heavy (non-hydrogen) atoms. The molecule has 7 heteroatoms. The van der Waals surface area contributed by atoms with E-state index in [9.17, 15) is 9.18 Å². The first-order valence-corrected chi connectivity index (χ1v) is 10.6. The summed E-state index contributed by atoms with van der Waals surface area (Å²) in [5, 5.41) is 8.97. The molecule has 0 amide bonds. The Hall–Kier alpha value is -3.45. The van der Waals surface area contributed by atoms with Crippen LogP contribution in [0.1, 0.15) is 34.0 Å². The molecule has 3 aromatic rings. The minimum atomic E-state index is -0.273. The summed E-state index contributed by atoms with van der Waals surface area (Å²) in [6.45, 7) is 3.91. The van der Waals surface area contributed by atoms with Crippen LogP contribution in [0.25, 0.3) is 5.57 Å². The number of hydrogen-bond donors (Lipinski definition) is 4. The summed E-state index contributed by atoms with van der Waals surface area (Å²) in [5.41, 5.74) is 4.77. The molecule has 0 bridgehead atoms. The highest BCUT2D eigenvalue weighted by atomic mass is 32.2. The number of hydrogen-bond acceptors (Lipinski definition) is 4. The van der Waals surface area contributed by atoms with E-state index in [0.29, 0.717) is 11.1 Å². The monoisotopic (exact) mass is 436 g/mol. The Balaban J connectivity index is 1.85. The fourth-order valence-electron chi connectivity index (χ4n) is 2.97. The van der Waals surface area contributed by atoms with Crippen molar-refractivity contribution < 1.29 is 9.18 Å². The molecule has 3 rings (SSSR count). The molecule has 0 aliphatic heterocycles. The second kappa shape index (κ2) is 10.5. The van der Waals surface area contributed by atoms with Gasteiger partial charge >= 0.3 is 0 Å². The Morgan fingerprint density at radius 1 is 1.03 bits per heavy atom. The van der Waals surface area contributed by atoms with Gasteiger partial charge in [0.05, 0.1) is 0 Å². The van der Waals surface area contributed by atoms with Crippen molar-refractivity contribution in [3.05, 3.63) is 101 Å². The second-order valence-electron chi connectivity index (χ2n) is 6.96. The average Bonchev–Trinajstić information content (AvgIpc) is 2.76. The molecule has 1 aromatic heterocycles. The van der Waals surface area contributed by atoms with Gasteiger partial charge in [-0.2, -0.15) is 0 Å². The zero-order valence-corrected chi connectivity index (χ0v) is 18.4. The van der Waals surface area contributed by atoms with E-state index in [1.807, 2.05) is 57.6 Å². The van der Waals surface area contributed by atoms with Crippen molar-refractivity contribution in [2.75, 3.05) is 11.8 Å².